The van der Waals surface area contributed by atoms with Gasteiger partial charge in [0.2, 0.25) is 0 Å². The molecular weight excluding hydrogens is 482 g/mol. The number of hydrogen-bond donors (Lipinski definition) is 1. The average molecular weight is 509 g/mol. The molecule has 1 saturated carbocycles. The normalized spacial score (nSPS) is 18.2. The zero-order valence-corrected chi connectivity index (χ0v) is 20.1. The van der Waals surface area contributed by atoms with E-state index in [1.165, 1.54) is 18.2 Å². The maximum absolute atomic E-state index is 14.5. The number of rotatable bonds is 7. The number of aromatic nitrogens is 3. The van der Waals surface area contributed by atoms with Crippen LogP contribution in [0.3, 0.4) is 0 Å². The number of aromatic amines is 1. The van der Waals surface area contributed by atoms with Gasteiger partial charge >= 0.3 is 5.76 Å². The number of benzene rings is 2. The van der Waals surface area contributed by atoms with E-state index in [1.54, 1.807) is 0 Å². The maximum atomic E-state index is 14.5. The summed E-state index contributed by atoms with van der Waals surface area (Å²) in [6.45, 7) is 1.89. The van der Waals surface area contributed by atoms with E-state index in [0.29, 0.717) is 17.1 Å². The van der Waals surface area contributed by atoms with Gasteiger partial charge in [0.25, 0.3) is 0 Å². The van der Waals surface area contributed by atoms with Crippen molar-refractivity contribution in [2.24, 2.45) is 0 Å². The molecule has 1 aliphatic heterocycles. The highest BCUT2D eigenvalue weighted by Crippen LogP contribution is 2.45. The van der Waals surface area contributed by atoms with Crippen molar-refractivity contribution in [2.75, 3.05) is 18.0 Å². The van der Waals surface area contributed by atoms with Gasteiger partial charge in [0.05, 0.1) is 18.3 Å². The zero-order valence-electron chi connectivity index (χ0n) is 20.1. The largest absolute Gasteiger partial charge is 0.439 e. The third kappa shape index (κ3) is 4.93. The van der Waals surface area contributed by atoms with Crippen LogP contribution < -0.4 is 10.7 Å². The first kappa shape index (κ1) is 23.6. The number of nitrogens with zero attached hydrogens (tertiary/aromatic N) is 3. The number of ether oxygens (including phenoxy) is 1. The Morgan fingerprint density at radius 1 is 0.973 bits per heavy atom. The molecule has 1 aliphatic carbocycles. The molecule has 2 aromatic carbocycles. The van der Waals surface area contributed by atoms with Crippen molar-refractivity contribution in [2.45, 2.75) is 50.7 Å². The molecule has 2 aliphatic rings. The van der Waals surface area contributed by atoms with Crippen molar-refractivity contribution in [1.29, 1.82) is 0 Å². The molecule has 0 bridgehead atoms. The minimum Gasteiger partial charge on any atom is -0.373 e. The van der Waals surface area contributed by atoms with E-state index in [9.17, 15) is 13.6 Å². The third-order valence-electron chi connectivity index (χ3n) is 7.05. The Kier molecular flexibility index (Phi) is 6.33. The van der Waals surface area contributed by atoms with E-state index >= 15 is 0 Å². The van der Waals surface area contributed by atoms with Crippen molar-refractivity contribution >= 4 is 5.69 Å². The number of anilines is 1. The van der Waals surface area contributed by atoms with Crippen LogP contribution in [0.2, 0.25) is 0 Å². The van der Waals surface area contributed by atoms with Gasteiger partial charge in [-0.25, -0.2) is 13.6 Å². The Balaban J connectivity index is 1.13. The van der Waals surface area contributed by atoms with Gasteiger partial charge in [-0.15, -0.1) is 0 Å². The van der Waals surface area contributed by atoms with Crippen LogP contribution in [0, 0.1) is 11.6 Å². The summed E-state index contributed by atoms with van der Waals surface area (Å²) < 4.78 is 45.5. The molecule has 2 aromatic heterocycles. The lowest BCUT2D eigenvalue weighted by atomic mass is 10.0. The second-order valence-electron chi connectivity index (χ2n) is 9.59. The molecule has 4 aromatic rings. The Hall–Kier alpha value is -3.79. The number of H-pyrrole nitrogens is 1. The van der Waals surface area contributed by atoms with Gasteiger partial charge in [-0.1, -0.05) is 16.4 Å². The second-order valence-corrected chi connectivity index (χ2v) is 9.59. The molecule has 6 rings (SSSR count). The summed E-state index contributed by atoms with van der Waals surface area (Å²) in [6.07, 6.45) is 4.59. The SMILES string of the molecule is O=c1[nH]c(-c2ccc(N3CCCC(OCc4c(-c5c(F)cccc5F)noc4C4CC4)CC3)cc2)no1. The van der Waals surface area contributed by atoms with E-state index in [-0.39, 0.29) is 29.9 Å². The molecule has 1 unspecified atom stereocenters. The monoisotopic (exact) mass is 508 g/mol. The molecule has 1 saturated heterocycles. The summed E-state index contributed by atoms with van der Waals surface area (Å²) in [4.78, 5) is 16.1. The van der Waals surface area contributed by atoms with E-state index < -0.39 is 17.4 Å². The smallest absolute Gasteiger partial charge is 0.373 e. The van der Waals surface area contributed by atoms with Crippen LogP contribution >= 0.6 is 0 Å². The fraction of sp³-hybridized carbons (Fsp3) is 0.370. The van der Waals surface area contributed by atoms with Gasteiger partial charge in [-0.3, -0.25) is 9.51 Å². The van der Waals surface area contributed by atoms with Gasteiger partial charge in [0.1, 0.15) is 23.1 Å². The Labute approximate surface area is 211 Å². The third-order valence-corrected chi connectivity index (χ3v) is 7.05. The Bertz CT molecular complexity index is 1420. The molecule has 1 N–H and O–H groups in total. The van der Waals surface area contributed by atoms with Crippen LogP contribution in [0.4, 0.5) is 14.5 Å². The molecule has 3 heterocycles. The van der Waals surface area contributed by atoms with Crippen molar-refractivity contribution in [3.8, 4) is 22.6 Å². The fourth-order valence-corrected chi connectivity index (χ4v) is 4.92. The van der Waals surface area contributed by atoms with Crippen molar-refractivity contribution < 1.29 is 22.6 Å². The summed E-state index contributed by atoms with van der Waals surface area (Å²) in [5.74, 6) is -0.598. The summed E-state index contributed by atoms with van der Waals surface area (Å²) in [6, 6.07) is 11.6. The highest BCUT2D eigenvalue weighted by Gasteiger charge is 2.34. The molecule has 10 heteroatoms. The molecule has 0 spiro atoms. The summed E-state index contributed by atoms with van der Waals surface area (Å²) in [5, 5.41) is 7.79. The van der Waals surface area contributed by atoms with Crippen molar-refractivity contribution in [3.63, 3.8) is 0 Å². The maximum Gasteiger partial charge on any atom is 0.439 e. The first-order valence-corrected chi connectivity index (χ1v) is 12.5. The molecule has 2 fully saturated rings. The summed E-state index contributed by atoms with van der Waals surface area (Å²) in [7, 11) is 0. The molecule has 1 atom stereocenters. The second kappa shape index (κ2) is 9.93. The zero-order chi connectivity index (χ0) is 25.4. The topological polar surface area (TPSA) is 97.4 Å². The Morgan fingerprint density at radius 3 is 2.46 bits per heavy atom. The predicted molar refractivity (Wildman–Crippen MR) is 131 cm³/mol. The van der Waals surface area contributed by atoms with Gasteiger partial charge < -0.3 is 14.2 Å². The van der Waals surface area contributed by atoms with E-state index in [2.05, 4.69) is 24.7 Å². The van der Waals surface area contributed by atoms with Gasteiger partial charge in [-0.05, 0) is 68.5 Å². The molecule has 37 heavy (non-hydrogen) atoms. The minimum atomic E-state index is -0.664. The van der Waals surface area contributed by atoms with Crippen LogP contribution in [0.5, 0.6) is 0 Å². The van der Waals surface area contributed by atoms with Crippen LogP contribution in [0.25, 0.3) is 22.6 Å². The lowest BCUT2D eigenvalue weighted by Gasteiger charge is -2.23. The van der Waals surface area contributed by atoms with E-state index in [1.807, 2.05) is 24.3 Å². The first-order chi connectivity index (χ1) is 18.1. The standard InChI is InChI=1S/C27H26F2N4O4/c28-21-4-1-5-22(29)23(21)24-20(25(36-31-24)16-6-7-16)15-35-19-3-2-13-33(14-12-19)18-10-8-17(9-11-18)26-30-27(34)37-32-26/h1,4-5,8-11,16,19H,2-3,6-7,12-15H2,(H,30,32,34). The van der Waals surface area contributed by atoms with E-state index in [4.69, 9.17) is 9.26 Å². The number of nitrogens with one attached hydrogen (secondary N) is 1. The van der Waals surface area contributed by atoms with Crippen molar-refractivity contribution in [3.05, 3.63) is 76.0 Å². The molecule has 8 nitrogen and oxygen atoms in total. The average Bonchev–Trinajstić information content (AvgIpc) is 3.59. The molecular formula is C27H26F2N4O4. The minimum absolute atomic E-state index is 0.00440. The molecule has 0 radical (unpaired) electrons. The van der Waals surface area contributed by atoms with Crippen LogP contribution in [-0.4, -0.2) is 34.5 Å². The number of halogens is 2. The predicted octanol–water partition coefficient (Wildman–Crippen LogP) is 5.42. The fourth-order valence-electron chi connectivity index (χ4n) is 4.92. The molecule has 192 valence electrons. The summed E-state index contributed by atoms with van der Waals surface area (Å²) in [5.41, 5.74) is 2.52. The summed E-state index contributed by atoms with van der Waals surface area (Å²) >= 11 is 0. The first-order valence-electron chi connectivity index (χ1n) is 12.5. The van der Waals surface area contributed by atoms with Gasteiger partial charge in [0, 0.05) is 35.8 Å². The lowest BCUT2D eigenvalue weighted by molar-refractivity contribution is 0.0328. The molecule has 0 amide bonds. The van der Waals surface area contributed by atoms with Crippen LogP contribution in [0.15, 0.2) is 56.3 Å². The number of hydrogen-bond acceptors (Lipinski definition) is 7. The van der Waals surface area contributed by atoms with Gasteiger partial charge in [-0.2, -0.15) is 0 Å². The lowest BCUT2D eigenvalue weighted by Crippen LogP contribution is -2.24. The Morgan fingerprint density at radius 2 is 1.76 bits per heavy atom. The van der Waals surface area contributed by atoms with E-state index in [0.717, 1.165) is 56.4 Å². The quantitative estimate of drug-likeness (QED) is 0.356. The highest BCUT2D eigenvalue weighted by atomic mass is 19.1. The highest BCUT2D eigenvalue weighted by molar-refractivity contribution is 5.65. The van der Waals surface area contributed by atoms with Crippen LogP contribution in [-0.2, 0) is 11.3 Å². The van der Waals surface area contributed by atoms with Crippen LogP contribution in [0.1, 0.15) is 49.3 Å². The van der Waals surface area contributed by atoms with Gasteiger partial charge in [0.15, 0.2) is 5.82 Å². The van der Waals surface area contributed by atoms with Crippen molar-refractivity contribution in [1.82, 2.24) is 15.3 Å².